The number of hydrogen-bond donors (Lipinski definition) is 1. The molecular weight excluding hydrogens is 344 g/mol. The summed E-state index contributed by atoms with van der Waals surface area (Å²) in [6.07, 6.45) is 5.58. The van der Waals surface area contributed by atoms with Gasteiger partial charge in [0.1, 0.15) is 10.0 Å². The van der Waals surface area contributed by atoms with Gasteiger partial charge >= 0.3 is 0 Å². The Morgan fingerprint density at radius 3 is 3.00 bits per heavy atom. The summed E-state index contributed by atoms with van der Waals surface area (Å²) in [5, 5.41) is 4.82. The third-order valence-corrected chi connectivity index (χ3v) is 5.77. The number of thioether (sulfide) groups is 1. The van der Waals surface area contributed by atoms with Crippen molar-refractivity contribution in [1.82, 2.24) is 20.2 Å². The Labute approximate surface area is 149 Å². The van der Waals surface area contributed by atoms with Crippen molar-refractivity contribution in [3.05, 3.63) is 41.2 Å². The van der Waals surface area contributed by atoms with E-state index in [1.54, 1.807) is 23.3 Å². The molecule has 1 atom stereocenters. The van der Waals surface area contributed by atoms with Crippen molar-refractivity contribution >= 4 is 29.0 Å². The minimum absolute atomic E-state index is 0.0882. The molecule has 1 aliphatic heterocycles. The average molecular weight is 364 g/mol. The summed E-state index contributed by atoms with van der Waals surface area (Å²) in [6.45, 7) is 3.66. The monoisotopic (exact) mass is 364 g/mol. The lowest BCUT2D eigenvalue weighted by Gasteiger charge is -2.34. The van der Waals surface area contributed by atoms with Crippen molar-refractivity contribution in [1.29, 1.82) is 0 Å². The van der Waals surface area contributed by atoms with E-state index in [-0.39, 0.29) is 11.9 Å². The van der Waals surface area contributed by atoms with Crippen LogP contribution in [-0.4, -0.2) is 59.9 Å². The molecule has 128 valence electrons. The number of hydrogen-bond acceptors (Lipinski definition) is 7. The number of nitrogens with one attached hydrogen (secondary N) is 1. The highest BCUT2D eigenvalue weighted by Gasteiger charge is 2.24. The molecule has 0 bridgehead atoms. The predicted octanol–water partition coefficient (Wildman–Crippen LogP) is 2.06. The molecule has 6 nitrogen and oxygen atoms in total. The van der Waals surface area contributed by atoms with Gasteiger partial charge in [-0.25, -0.2) is 4.98 Å². The Morgan fingerprint density at radius 1 is 1.50 bits per heavy atom. The van der Waals surface area contributed by atoms with Crippen LogP contribution in [0, 0.1) is 0 Å². The molecule has 0 aliphatic carbocycles. The van der Waals surface area contributed by atoms with Crippen LogP contribution in [0.5, 0.6) is 0 Å². The number of rotatable bonds is 6. The van der Waals surface area contributed by atoms with Crippen LogP contribution in [0.25, 0.3) is 0 Å². The zero-order chi connectivity index (χ0) is 16.8. The van der Waals surface area contributed by atoms with E-state index in [0.29, 0.717) is 25.5 Å². The molecule has 3 rings (SSSR count). The topological polar surface area (TPSA) is 67.4 Å². The van der Waals surface area contributed by atoms with Crippen molar-refractivity contribution in [2.45, 2.75) is 10.4 Å². The Morgan fingerprint density at radius 2 is 2.33 bits per heavy atom. The van der Waals surface area contributed by atoms with Gasteiger partial charge in [0.25, 0.3) is 5.91 Å². The molecule has 1 aliphatic rings. The Kier molecular flexibility index (Phi) is 6.19. The maximum Gasteiger partial charge on any atom is 0.270 e. The second-order valence-electron chi connectivity index (χ2n) is 5.36. The van der Waals surface area contributed by atoms with E-state index in [9.17, 15) is 4.79 Å². The molecule has 24 heavy (non-hydrogen) atoms. The number of thiazole rings is 1. The van der Waals surface area contributed by atoms with Gasteiger partial charge in [-0.3, -0.25) is 14.7 Å². The zero-order valence-electron chi connectivity index (χ0n) is 13.5. The third-order valence-electron chi connectivity index (χ3n) is 3.90. The molecule has 0 radical (unpaired) electrons. The van der Waals surface area contributed by atoms with E-state index in [1.807, 2.05) is 24.6 Å². The Balaban J connectivity index is 1.68. The first-order valence-corrected chi connectivity index (χ1v) is 9.88. The molecular formula is C16H20N4O2S2. The molecule has 1 amide bonds. The third kappa shape index (κ3) is 4.32. The molecule has 3 heterocycles. The summed E-state index contributed by atoms with van der Waals surface area (Å²) in [5.74, 6) is -0.131. The highest BCUT2D eigenvalue weighted by molar-refractivity contribution is 8.00. The molecule has 1 N–H and O–H groups in total. The minimum atomic E-state index is -0.131. The molecule has 1 saturated heterocycles. The molecule has 2 aromatic heterocycles. The van der Waals surface area contributed by atoms with Gasteiger partial charge in [-0.1, -0.05) is 17.8 Å². The highest BCUT2D eigenvalue weighted by Crippen LogP contribution is 2.22. The van der Waals surface area contributed by atoms with Gasteiger partial charge in [-0.15, -0.1) is 11.3 Å². The lowest BCUT2D eigenvalue weighted by atomic mass is 10.1. The molecule has 0 spiro atoms. The van der Waals surface area contributed by atoms with Gasteiger partial charge in [0, 0.05) is 37.4 Å². The summed E-state index contributed by atoms with van der Waals surface area (Å²) >= 11 is 3.04. The van der Waals surface area contributed by atoms with Crippen molar-refractivity contribution in [3.8, 4) is 0 Å². The molecule has 0 unspecified atom stereocenters. The number of carbonyl (C=O) groups is 1. The first-order valence-electron chi connectivity index (χ1n) is 7.77. The van der Waals surface area contributed by atoms with Crippen LogP contribution in [-0.2, 0) is 4.74 Å². The van der Waals surface area contributed by atoms with Gasteiger partial charge in [-0.05, 0) is 17.9 Å². The highest BCUT2D eigenvalue weighted by atomic mass is 32.2. The van der Waals surface area contributed by atoms with Gasteiger partial charge < -0.3 is 10.1 Å². The fourth-order valence-electron chi connectivity index (χ4n) is 2.66. The molecule has 2 aromatic rings. The fraction of sp³-hybridized carbons (Fsp3) is 0.438. The van der Waals surface area contributed by atoms with Crippen LogP contribution >= 0.6 is 23.1 Å². The molecule has 0 saturated carbocycles. The van der Waals surface area contributed by atoms with Crippen LogP contribution in [0.3, 0.4) is 0 Å². The largest absolute Gasteiger partial charge is 0.379 e. The molecule has 0 aromatic carbocycles. The van der Waals surface area contributed by atoms with E-state index >= 15 is 0 Å². The van der Waals surface area contributed by atoms with Crippen LogP contribution in [0.1, 0.15) is 22.1 Å². The summed E-state index contributed by atoms with van der Waals surface area (Å²) < 4.78 is 6.34. The van der Waals surface area contributed by atoms with Crippen LogP contribution in [0.4, 0.5) is 0 Å². The minimum Gasteiger partial charge on any atom is -0.379 e. The van der Waals surface area contributed by atoms with Crippen LogP contribution in [0.15, 0.2) is 34.2 Å². The summed E-state index contributed by atoms with van der Waals surface area (Å²) in [4.78, 5) is 23.2. The molecule has 1 fully saturated rings. The normalized spacial score (nSPS) is 16.7. The number of nitrogens with zero attached hydrogens (tertiary/aromatic N) is 3. The van der Waals surface area contributed by atoms with Gasteiger partial charge in [0.2, 0.25) is 0 Å². The summed E-state index contributed by atoms with van der Waals surface area (Å²) in [7, 11) is 0. The second-order valence-corrected chi connectivity index (χ2v) is 7.27. The second kappa shape index (κ2) is 8.57. The van der Waals surface area contributed by atoms with Crippen molar-refractivity contribution in [3.63, 3.8) is 0 Å². The smallest absolute Gasteiger partial charge is 0.270 e. The number of amides is 1. The number of ether oxygens (including phenoxy) is 1. The first kappa shape index (κ1) is 17.3. The van der Waals surface area contributed by atoms with Crippen LogP contribution in [0.2, 0.25) is 0 Å². The van der Waals surface area contributed by atoms with Gasteiger partial charge in [0.05, 0.1) is 19.3 Å². The quantitative estimate of drug-likeness (QED) is 0.792. The zero-order valence-corrected chi connectivity index (χ0v) is 15.1. The number of carbonyl (C=O) groups excluding carboxylic acids is 1. The SMILES string of the molecule is CSc1nc(C(=O)NC[C@H](c2cccnc2)N2CCOCC2)cs1. The van der Waals surface area contributed by atoms with Gasteiger partial charge in [-0.2, -0.15) is 0 Å². The van der Waals surface area contributed by atoms with E-state index in [4.69, 9.17) is 4.74 Å². The average Bonchev–Trinajstić information content (AvgIpc) is 3.13. The maximum atomic E-state index is 12.4. The van der Waals surface area contributed by atoms with E-state index in [1.165, 1.54) is 11.3 Å². The van der Waals surface area contributed by atoms with Crippen molar-refractivity contribution < 1.29 is 9.53 Å². The van der Waals surface area contributed by atoms with E-state index < -0.39 is 0 Å². The number of aromatic nitrogens is 2. The maximum absolute atomic E-state index is 12.4. The summed E-state index contributed by atoms with van der Waals surface area (Å²) in [5.41, 5.74) is 1.58. The van der Waals surface area contributed by atoms with E-state index in [0.717, 1.165) is 23.0 Å². The standard InChI is InChI=1S/C16H20N4O2S2/c1-23-16-19-13(11-24-16)15(21)18-10-14(12-3-2-4-17-9-12)20-5-7-22-8-6-20/h2-4,9,11,14H,5-8,10H2,1H3,(H,18,21)/t14-/m1/s1. The first-order chi connectivity index (χ1) is 11.8. The van der Waals surface area contributed by atoms with Crippen molar-refractivity contribution in [2.75, 3.05) is 39.1 Å². The Bertz CT molecular complexity index is 659. The lowest BCUT2D eigenvalue weighted by molar-refractivity contribution is 0.0161. The molecule has 8 heteroatoms. The van der Waals surface area contributed by atoms with Crippen LogP contribution < -0.4 is 5.32 Å². The van der Waals surface area contributed by atoms with E-state index in [2.05, 4.69) is 20.2 Å². The number of pyridine rings is 1. The Hall–Kier alpha value is -1.48. The number of morpholine rings is 1. The fourth-order valence-corrected chi connectivity index (χ4v) is 3.90. The lowest BCUT2D eigenvalue weighted by Crippen LogP contribution is -2.43. The predicted molar refractivity (Wildman–Crippen MR) is 95.6 cm³/mol. The van der Waals surface area contributed by atoms with Crippen molar-refractivity contribution in [2.24, 2.45) is 0 Å². The van der Waals surface area contributed by atoms with Gasteiger partial charge in [0.15, 0.2) is 0 Å². The summed E-state index contributed by atoms with van der Waals surface area (Å²) in [6, 6.07) is 4.06.